The highest BCUT2D eigenvalue weighted by atomic mass is 19.4. The number of H-pyrrole nitrogens is 1. The molecule has 3 amide bonds. The number of benzene rings is 2. The first-order valence-corrected chi connectivity index (χ1v) is 13.4. The van der Waals surface area contributed by atoms with E-state index in [4.69, 9.17) is 15.3 Å². The second-order valence-corrected chi connectivity index (χ2v) is 10.2. The Morgan fingerprint density at radius 3 is 2.40 bits per heavy atom. The van der Waals surface area contributed by atoms with E-state index < -0.39 is 29.1 Å². The summed E-state index contributed by atoms with van der Waals surface area (Å²) in [7, 11) is 0. The predicted octanol–water partition coefficient (Wildman–Crippen LogP) is 5.05. The minimum atomic E-state index is -4.64. The number of halogens is 3. The van der Waals surface area contributed by atoms with Crippen LogP contribution in [-0.4, -0.2) is 36.4 Å². The number of allylic oxidation sites excluding steroid dienone is 3. The molecule has 3 heterocycles. The van der Waals surface area contributed by atoms with E-state index in [0.29, 0.717) is 23.0 Å². The number of urea groups is 1. The maximum atomic E-state index is 14.0. The lowest BCUT2D eigenvalue weighted by Crippen LogP contribution is -2.41. The summed E-state index contributed by atoms with van der Waals surface area (Å²) in [5.74, 6) is 0.164. The minimum Gasteiger partial charge on any atom is -0.438 e. The van der Waals surface area contributed by atoms with E-state index in [1.54, 1.807) is 49.7 Å². The van der Waals surface area contributed by atoms with Crippen LogP contribution in [0.3, 0.4) is 0 Å². The first-order chi connectivity index (χ1) is 21.4. The monoisotopic (exact) mass is 616 g/mol. The average Bonchev–Trinajstić information content (AvgIpc) is 3.66. The van der Waals surface area contributed by atoms with Gasteiger partial charge in [0.2, 0.25) is 11.8 Å². The Balaban J connectivity index is 0.000000945. The molecule has 0 fully saturated rings. The number of carbonyl (C=O) groups excluding carboxylic acids is 2. The maximum absolute atomic E-state index is 14.0. The number of primary amides is 3. The van der Waals surface area contributed by atoms with Crippen molar-refractivity contribution in [2.24, 2.45) is 17.2 Å². The van der Waals surface area contributed by atoms with Gasteiger partial charge >= 0.3 is 12.2 Å². The van der Waals surface area contributed by atoms with E-state index >= 15 is 0 Å². The van der Waals surface area contributed by atoms with Gasteiger partial charge in [0, 0.05) is 18.1 Å². The van der Waals surface area contributed by atoms with Crippen molar-refractivity contribution in [3.05, 3.63) is 114 Å². The molecule has 1 aliphatic rings. The zero-order chi connectivity index (χ0) is 32.4. The fraction of sp³-hybridized carbons (Fsp3) is 0.129. The van der Waals surface area contributed by atoms with Crippen LogP contribution in [0.25, 0.3) is 22.3 Å². The molecule has 7 N–H and O–H groups in total. The summed E-state index contributed by atoms with van der Waals surface area (Å²) in [5, 5.41) is 0.731. The van der Waals surface area contributed by atoms with Crippen molar-refractivity contribution in [3.8, 4) is 17.3 Å². The normalized spacial score (nSPS) is 16.0. The van der Waals surface area contributed by atoms with Crippen LogP contribution in [0.2, 0.25) is 0 Å². The Morgan fingerprint density at radius 1 is 1.02 bits per heavy atom. The summed E-state index contributed by atoms with van der Waals surface area (Å²) < 4.78 is 49.4. The van der Waals surface area contributed by atoms with Crippen LogP contribution < -0.4 is 21.9 Å². The number of aryl methyl sites for hydroxylation is 1. The van der Waals surface area contributed by atoms with Gasteiger partial charge in [-0.2, -0.15) is 13.2 Å². The standard InChI is InChI=1S/C30H23F3N6O2.CH4N2O/c1-18-15-39(17-38-18)23-12-21(11-22(13-23)30(31,32)33)29(28(34)40)9-2-3-20(14-29)19-4-6-24(7-5-19)41-27-25-8-10-35-26(25)36-16-37-27;2-1(3)4/h2-13,15-17H,14H2,1H3,(H2,34,40)(H,35,36,37);(H4,2,3,4). The Kier molecular flexibility index (Phi) is 8.14. The fourth-order valence-electron chi connectivity index (χ4n) is 4.98. The van der Waals surface area contributed by atoms with Crippen LogP contribution in [-0.2, 0) is 16.4 Å². The van der Waals surface area contributed by atoms with Crippen molar-refractivity contribution in [1.29, 1.82) is 0 Å². The van der Waals surface area contributed by atoms with Crippen LogP contribution in [0.4, 0.5) is 18.0 Å². The average molecular weight is 617 g/mol. The number of nitrogens with zero attached hydrogens (tertiary/aromatic N) is 4. The van der Waals surface area contributed by atoms with Crippen LogP contribution >= 0.6 is 0 Å². The van der Waals surface area contributed by atoms with Gasteiger partial charge in [0.05, 0.1) is 28.4 Å². The summed E-state index contributed by atoms with van der Waals surface area (Å²) in [6.45, 7) is 1.74. The Morgan fingerprint density at radius 2 is 1.76 bits per heavy atom. The Hall–Kier alpha value is -5.92. The van der Waals surface area contributed by atoms with E-state index in [2.05, 4.69) is 31.4 Å². The Labute approximate surface area is 254 Å². The highest BCUT2D eigenvalue weighted by Gasteiger charge is 2.41. The molecule has 14 heteroatoms. The van der Waals surface area contributed by atoms with Crippen molar-refractivity contribution >= 4 is 28.5 Å². The molecule has 6 rings (SSSR count). The number of nitrogens with one attached hydrogen (secondary N) is 1. The first kappa shape index (κ1) is 30.5. The quantitative estimate of drug-likeness (QED) is 0.207. The number of fused-ring (bicyclic) bond motifs is 1. The summed E-state index contributed by atoms with van der Waals surface area (Å²) in [6, 6.07) is 11.7. The zero-order valence-electron chi connectivity index (χ0n) is 23.7. The fourth-order valence-corrected chi connectivity index (χ4v) is 4.98. The molecule has 45 heavy (non-hydrogen) atoms. The number of imidazole rings is 1. The van der Waals surface area contributed by atoms with E-state index in [0.717, 1.165) is 28.7 Å². The van der Waals surface area contributed by atoms with Gasteiger partial charge in [-0.1, -0.05) is 30.4 Å². The number of ether oxygens (including phenoxy) is 1. The summed E-state index contributed by atoms with van der Waals surface area (Å²) in [4.78, 5) is 37.5. The molecule has 3 aromatic heterocycles. The van der Waals surface area contributed by atoms with Gasteiger partial charge < -0.3 is 31.5 Å². The number of hydrogen-bond acceptors (Lipinski definition) is 6. The molecule has 2 aromatic carbocycles. The molecule has 0 aliphatic heterocycles. The van der Waals surface area contributed by atoms with Gasteiger partial charge in [-0.3, -0.25) is 4.79 Å². The minimum absolute atomic E-state index is 0.0681. The number of nitrogens with two attached hydrogens (primary N) is 3. The van der Waals surface area contributed by atoms with Crippen molar-refractivity contribution in [3.63, 3.8) is 0 Å². The second-order valence-electron chi connectivity index (χ2n) is 10.2. The molecule has 0 saturated carbocycles. The van der Waals surface area contributed by atoms with Crippen molar-refractivity contribution in [2.75, 3.05) is 0 Å². The van der Waals surface area contributed by atoms with Crippen LogP contribution in [0, 0.1) is 6.92 Å². The third-order valence-corrected chi connectivity index (χ3v) is 7.11. The third-order valence-electron chi connectivity index (χ3n) is 7.11. The third kappa shape index (κ3) is 6.54. The van der Waals surface area contributed by atoms with Gasteiger partial charge in [0.25, 0.3) is 0 Å². The van der Waals surface area contributed by atoms with Crippen LogP contribution in [0.5, 0.6) is 11.6 Å². The van der Waals surface area contributed by atoms with Crippen LogP contribution in [0.1, 0.15) is 28.8 Å². The number of rotatable bonds is 6. The molecule has 0 spiro atoms. The number of amides is 3. The molecule has 1 unspecified atom stereocenters. The molecular weight excluding hydrogens is 589 g/mol. The molecule has 0 radical (unpaired) electrons. The molecule has 11 nitrogen and oxygen atoms in total. The second kappa shape index (κ2) is 12.0. The largest absolute Gasteiger partial charge is 0.438 e. The highest BCUT2D eigenvalue weighted by Crippen LogP contribution is 2.42. The van der Waals surface area contributed by atoms with E-state index in [-0.39, 0.29) is 17.7 Å². The lowest BCUT2D eigenvalue weighted by atomic mass is 9.71. The predicted molar refractivity (Wildman–Crippen MR) is 160 cm³/mol. The number of aromatic nitrogens is 5. The number of hydrogen-bond donors (Lipinski definition) is 4. The van der Waals surface area contributed by atoms with Gasteiger partial charge in [-0.25, -0.2) is 19.7 Å². The molecule has 1 aliphatic carbocycles. The molecule has 230 valence electrons. The first-order valence-electron chi connectivity index (χ1n) is 13.4. The SMILES string of the molecule is Cc1cn(-c2cc(C(F)(F)F)cc(C3(C(N)=O)C=CC=C(c4ccc(Oc5ncnc6[nH]ccc56)cc4)C3)c2)cn1.NC(N)=O. The van der Waals surface area contributed by atoms with Crippen LogP contribution in [0.15, 0.2) is 91.8 Å². The topological polar surface area (TPSA) is 181 Å². The number of alkyl halides is 3. The van der Waals surface area contributed by atoms with Gasteiger partial charge in [-0.15, -0.1) is 0 Å². The Bertz CT molecular complexity index is 1940. The smallest absolute Gasteiger partial charge is 0.416 e. The number of aromatic amines is 1. The lowest BCUT2D eigenvalue weighted by molar-refractivity contribution is -0.137. The maximum Gasteiger partial charge on any atom is 0.416 e. The molecular formula is C31H27F3N8O3. The lowest BCUT2D eigenvalue weighted by Gasteiger charge is -2.32. The summed E-state index contributed by atoms with van der Waals surface area (Å²) >= 11 is 0. The highest BCUT2D eigenvalue weighted by molar-refractivity contribution is 5.93. The number of carbonyl (C=O) groups is 2. The zero-order valence-corrected chi connectivity index (χ0v) is 23.7. The van der Waals surface area contributed by atoms with E-state index in [9.17, 15) is 18.0 Å². The molecule has 1 atom stereocenters. The summed E-state index contributed by atoms with van der Waals surface area (Å²) in [6.07, 6.45) is 6.65. The molecule has 0 saturated heterocycles. The van der Waals surface area contributed by atoms with Gasteiger partial charge in [-0.05, 0) is 66.4 Å². The van der Waals surface area contributed by atoms with Crippen molar-refractivity contribution < 1.29 is 27.5 Å². The molecule has 5 aromatic rings. The molecule has 0 bridgehead atoms. The summed E-state index contributed by atoms with van der Waals surface area (Å²) in [5.41, 5.74) is 15.2. The van der Waals surface area contributed by atoms with Crippen molar-refractivity contribution in [1.82, 2.24) is 24.5 Å². The van der Waals surface area contributed by atoms with Crippen molar-refractivity contribution in [2.45, 2.75) is 24.9 Å². The van der Waals surface area contributed by atoms with E-state index in [1.165, 1.54) is 17.2 Å². The van der Waals surface area contributed by atoms with Gasteiger partial charge in [0.1, 0.15) is 17.7 Å². The van der Waals surface area contributed by atoms with E-state index in [1.807, 2.05) is 24.3 Å². The van der Waals surface area contributed by atoms with Gasteiger partial charge in [0.15, 0.2) is 0 Å².